The second-order valence-electron chi connectivity index (χ2n) is 5.13. The maximum atomic E-state index is 11.7. The summed E-state index contributed by atoms with van der Waals surface area (Å²) >= 11 is 0. The number of guanidine groups is 1. The summed E-state index contributed by atoms with van der Waals surface area (Å²) in [6.45, 7) is 7.00. The molecule has 0 saturated carbocycles. The van der Waals surface area contributed by atoms with Crippen LogP contribution in [0.5, 0.6) is 0 Å². The van der Waals surface area contributed by atoms with Gasteiger partial charge in [-0.2, -0.15) is 0 Å². The fourth-order valence-electron chi connectivity index (χ4n) is 2.28. The zero-order valence-corrected chi connectivity index (χ0v) is 16.4. The Hall–Kier alpha value is -0.0900. The van der Waals surface area contributed by atoms with Gasteiger partial charge in [0.15, 0.2) is 5.96 Å². The molecule has 8 heteroatoms. The number of nitrogens with one attached hydrogen (secondary N) is 2. The lowest BCUT2D eigenvalue weighted by Crippen LogP contribution is -2.43. The standard InChI is InChI=1S/C13H28N4O2S.HI/c1-4-12(5-2)11-16-13(14-3)15-7-9-17-8-6-10-20(17,18)19;/h12H,4-11H2,1-3H3,(H2,14,15,16);1H. The van der Waals surface area contributed by atoms with Crippen molar-refractivity contribution in [3.05, 3.63) is 0 Å². The van der Waals surface area contributed by atoms with E-state index in [0.29, 0.717) is 25.6 Å². The van der Waals surface area contributed by atoms with Crippen molar-refractivity contribution in [1.29, 1.82) is 0 Å². The van der Waals surface area contributed by atoms with Gasteiger partial charge in [-0.15, -0.1) is 24.0 Å². The minimum Gasteiger partial charge on any atom is -0.356 e. The summed E-state index contributed by atoms with van der Waals surface area (Å²) in [6, 6.07) is 0. The van der Waals surface area contributed by atoms with Gasteiger partial charge in [0.1, 0.15) is 0 Å². The van der Waals surface area contributed by atoms with E-state index in [2.05, 4.69) is 29.5 Å². The van der Waals surface area contributed by atoms with Crippen LogP contribution in [0.2, 0.25) is 0 Å². The topological polar surface area (TPSA) is 73.8 Å². The van der Waals surface area contributed by atoms with E-state index >= 15 is 0 Å². The van der Waals surface area contributed by atoms with Crippen LogP contribution in [-0.4, -0.2) is 57.7 Å². The molecule has 0 atom stereocenters. The molecular weight excluding hydrogens is 403 g/mol. The van der Waals surface area contributed by atoms with Crippen LogP contribution in [0.15, 0.2) is 4.99 Å². The predicted molar refractivity (Wildman–Crippen MR) is 98.8 cm³/mol. The molecule has 2 N–H and O–H groups in total. The molecule has 1 rings (SSSR count). The van der Waals surface area contributed by atoms with Crippen LogP contribution in [0.3, 0.4) is 0 Å². The number of aliphatic imine (C=N–C) groups is 1. The first-order valence-electron chi connectivity index (χ1n) is 7.45. The number of rotatable bonds is 7. The molecule has 0 aromatic heterocycles. The molecule has 0 aromatic rings. The third-order valence-corrected chi connectivity index (χ3v) is 5.75. The molecule has 126 valence electrons. The van der Waals surface area contributed by atoms with E-state index in [4.69, 9.17) is 0 Å². The van der Waals surface area contributed by atoms with Gasteiger partial charge in [-0.25, -0.2) is 12.7 Å². The molecule has 21 heavy (non-hydrogen) atoms. The Morgan fingerprint density at radius 1 is 1.29 bits per heavy atom. The lowest BCUT2D eigenvalue weighted by molar-refractivity contribution is 0.443. The van der Waals surface area contributed by atoms with E-state index in [9.17, 15) is 8.42 Å². The van der Waals surface area contributed by atoms with E-state index in [-0.39, 0.29) is 29.7 Å². The minimum absolute atomic E-state index is 0. The molecule has 1 aliphatic heterocycles. The fraction of sp³-hybridized carbons (Fsp3) is 0.923. The summed E-state index contributed by atoms with van der Waals surface area (Å²) < 4.78 is 24.9. The summed E-state index contributed by atoms with van der Waals surface area (Å²) in [4.78, 5) is 4.16. The molecular formula is C13H29IN4O2S. The molecule has 1 aliphatic rings. The molecule has 0 aromatic carbocycles. The second-order valence-corrected chi connectivity index (χ2v) is 7.22. The van der Waals surface area contributed by atoms with Gasteiger partial charge in [0, 0.05) is 33.2 Å². The maximum absolute atomic E-state index is 11.7. The highest BCUT2D eigenvalue weighted by molar-refractivity contribution is 14.0. The third kappa shape index (κ3) is 7.14. The minimum atomic E-state index is -2.99. The van der Waals surface area contributed by atoms with Crippen molar-refractivity contribution in [3.8, 4) is 0 Å². The van der Waals surface area contributed by atoms with Crippen molar-refractivity contribution < 1.29 is 8.42 Å². The van der Waals surface area contributed by atoms with Crippen LogP contribution in [0.1, 0.15) is 33.1 Å². The summed E-state index contributed by atoms with van der Waals surface area (Å²) in [5.74, 6) is 1.68. The molecule has 0 radical (unpaired) electrons. The van der Waals surface area contributed by atoms with Crippen molar-refractivity contribution in [3.63, 3.8) is 0 Å². The summed E-state index contributed by atoms with van der Waals surface area (Å²) in [7, 11) is -1.26. The first-order valence-corrected chi connectivity index (χ1v) is 9.06. The lowest BCUT2D eigenvalue weighted by Gasteiger charge is -2.18. The Labute approximate surface area is 146 Å². The smallest absolute Gasteiger partial charge is 0.214 e. The highest BCUT2D eigenvalue weighted by atomic mass is 127. The van der Waals surface area contributed by atoms with Crippen molar-refractivity contribution in [1.82, 2.24) is 14.9 Å². The average Bonchev–Trinajstić information content (AvgIpc) is 2.77. The molecule has 6 nitrogen and oxygen atoms in total. The summed E-state index contributed by atoms with van der Waals surface area (Å²) in [5, 5.41) is 6.46. The zero-order valence-electron chi connectivity index (χ0n) is 13.3. The SMILES string of the molecule is CCC(CC)CNC(=NC)NCCN1CCCS1(=O)=O.I. The van der Waals surface area contributed by atoms with Crippen LogP contribution in [-0.2, 0) is 10.0 Å². The Morgan fingerprint density at radius 3 is 2.43 bits per heavy atom. The average molecular weight is 432 g/mol. The maximum Gasteiger partial charge on any atom is 0.214 e. The molecule has 0 amide bonds. The molecule has 1 fully saturated rings. The summed E-state index contributed by atoms with van der Waals surface area (Å²) in [6.07, 6.45) is 3.03. The molecule has 0 spiro atoms. The monoisotopic (exact) mass is 432 g/mol. The first kappa shape index (κ1) is 20.9. The normalized spacial score (nSPS) is 18.6. The Bertz CT molecular complexity index is 410. The number of sulfonamides is 1. The number of hydrogen-bond donors (Lipinski definition) is 2. The van der Waals surface area contributed by atoms with Gasteiger partial charge in [-0.1, -0.05) is 26.7 Å². The van der Waals surface area contributed by atoms with E-state index in [1.165, 1.54) is 0 Å². The Balaban J connectivity index is 0.00000400. The number of nitrogens with zero attached hydrogens (tertiary/aromatic N) is 2. The Morgan fingerprint density at radius 2 is 1.95 bits per heavy atom. The largest absolute Gasteiger partial charge is 0.356 e. The van der Waals surface area contributed by atoms with Crippen LogP contribution in [0.25, 0.3) is 0 Å². The van der Waals surface area contributed by atoms with Crippen molar-refractivity contribution in [2.45, 2.75) is 33.1 Å². The Kier molecular flexibility index (Phi) is 10.6. The van der Waals surface area contributed by atoms with Crippen LogP contribution >= 0.6 is 24.0 Å². The highest BCUT2D eigenvalue weighted by Gasteiger charge is 2.27. The second kappa shape index (κ2) is 10.6. The molecule has 0 unspecified atom stereocenters. The van der Waals surface area contributed by atoms with Gasteiger partial charge in [0.25, 0.3) is 0 Å². The molecule has 1 saturated heterocycles. The third-order valence-electron chi connectivity index (χ3n) is 3.79. The van der Waals surface area contributed by atoms with E-state index in [1.807, 2.05) is 0 Å². The molecule has 0 bridgehead atoms. The first-order chi connectivity index (χ1) is 9.53. The van der Waals surface area contributed by atoms with Crippen molar-refractivity contribution in [2.75, 3.05) is 39.0 Å². The van der Waals surface area contributed by atoms with Gasteiger partial charge in [-0.3, -0.25) is 4.99 Å². The van der Waals surface area contributed by atoms with Crippen molar-refractivity contribution >= 4 is 40.0 Å². The van der Waals surface area contributed by atoms with Gasteiger partial charge in [0.05, 0.1) is 5.75 Å². The van der Waals surface area contributed by atoms with Crippen LogP contribution < -0.4 is 10.6 Å². The van der Waals surface area contributed by atoms with E-state index in [0.717, 1.165) is 31.8 Å². The quantitative estimate of drug-likeness (QED) is 0.361. The van der Waals surface area contributed by atoms with E-state index in [1.54, 1.807) is 11.4 Å². The van der Waals surface area contributed by atoms with Gasteiger partial charge in [-0.05, 0) is 12.3 Å². The van der Waals surface area contributed by atoms with Crippen molar-refractivity contribution in [2.24, 2.45) is 10.9 Å². The van der Waals surface area contributed by atoms with E-state index < -0.39 is 10.0 Å². The van der Waals surface area contributed by atoms with Crippen LogP contribution in [0.4, 0.5) is 0 Å². The number of halogens is 1. The highest BCUT2D eigenvalue weighted by Crippen LogP contribution is 2.11. The van der Waals surface area contributed by atoms with Gasteiger partial charge < -0.3 is 10.6 Å². The number of hydrogen-bond acceptors (Lipinski definition) is 3. The zero-order chi connectivity index (χ0) is 15.0. The molecule has 1 heterocycles. The fourth-order valence-corrected chi connectivity index (χ4v) is 3.81. The predicted octanol–water partition coefficient (Wildman–Crippen LogP) is 1.24. The van der Waals surface area contributed by atoms with Gasteiger partial charge >= 0.3 is 0 Å². The summed E-state index contributed by atoms with van der Waals surface area (Å²) in [5.41, 5.74) is 0. The molecule has 0 aliphatic carbocycles. The lowest BCUT2D eigenvalue weighted by atomic mass is 10.0. The van der Waals surface area contributed by atoms with Crippen LogP contribution in [0, 0.1) is 5.92 Å². The van der Waals surface area contributed by atoms with Gasteiger partial charge in [0.2, 0.25) is 10.0 Å².